The molecule has 0 fully saturated rings. The highest BCUT2D eigenvalue weighted by Gasteiger charge is 2.22. The molecule has 98 valence electrons. The van der Waals surface area contributed by atoms with Crippen LogP contribution in [-0.2, 0) is 0 Å². The molecule has 0 aliphatic heterocycles. The van der Waals surface area contributed by atoms with Crippen LogP contribution < -0.4 is 0 Å². The number of benzene rings is 1. The monoisotopic (exact) mass is 256 g/mol. The van der Waals surface area contributed by atoms with Crippen LogP contribution in [0.3, 0.4) is 0 Å². The van der Waals surface area contributed by atoms with Crippen LogP contribution in [0.4, 0.5) is 0 Å². The van der Waals surface area contributed by atoms with Gasteiger partial charge in [0.25, 0.3) is 5.91 Å². The van der Waals surface area contributed by atoms with Gasteiger partial charge in [-0.3, -0.25) is 9.89 Å². The van der Waals surface area contributed by atoms with E-state index in [2.05, 4.69) is 16.3 Å². The van der Waals surface area contributed by atoms with Crippen molar-refractivity contribution in [1.82, 2.24) is 15.1 Å². The molecular formula is C14H16N4O. The van der Waals surface area contributed by atoms with Gasteiger partial charge >= 0.3 is 0 Å². The summed E-state index contributed by atoms with van der Waals surface area (Å²) in [5, 5.41) is 16.5. The zero-order valence-corrected chi connectivity index (χ0v) is 11.1. The molecular weight excluding hydrogens is 240 g/mol. The predicted molar refractivity (Wildman–Crippen MR) is 72.5 cm³/mol. The Morgan fingerprint density at radius 1 is 1.47 bits per heavy atom. The number of para-hydroxylation sites is 1. The van der Waals surface area contributed by atoms with Crippen molar-refractivity contribution in [2.24, 2.45) is 0 Å². The van der Waals surface area contributed by atoms with Crippen molar-refractivity contribution >= 4 is 16.8 Å². The summed E-state index contributed by atoms with van der Waals surface area (Å²) in [5.74, 6) is -0.136. The summed E-state index contributed by atoms with van der Waals surface area (Å²) in [6.45, 7) is 4.29. The van der Waals surface area contributed by atoms with Crippen molar-refractivity contribution in [1.29, 1.82) is 5.26 Å². The van der Waals surface area contributed by atoms with E-state index in [-0.39, 0.29) is 11.9 Å². The minimum absolute atomic E-state index is 0.0383. The third-order valence-electron chi connectivity index (χ3n) is 3.02. The Kier molecular flexibility index (Phi) is 3.81. The predicted octanol–water partition coefficient (Wildman–Crippen LogP) is 2.33. The maximum atomic E-state index is 12.5. The van der Waals surface area contributed by atoms with Gasteiger partial charge in [0.05, 0.1) is 18.0 Å². The number of amides is 1. The number of nitrogens with one attached hydrogen (secondary N) is 1. The zero-order chi connectivity index (χ0) is 13.8. The molecule has 0 bridgehead atoms. The average molecular weight is 256 g/mol. The quantitative estimate of drug-likeness (QED) is 0.912. The Bertz CT molecular complexity index is 624. The Balaban J connectivity index is 2.34. The van der Waals surface area contributed by atoms with Crippen LogP contribution in [0.25, 0.3) is 10.9 Å². The third-order valence-corrected chi connectivity index (χ3v) is 3.02. The molecule has 2 aromatic rings. The minimum atomic E-state index is -0.136. The molecule has 19 heavy (non-hydrogen) atoms. The molecule has 0 unspecified atom stereocenters. The van der Waals surface area contributed by atoms with E-state index in [4.69, 9.17) is 5.26 Å². The van der Waals surface area contributed by atoms with E-state index >= 15 is 0 Å². The second kappa shape index (κ2) is 5.53. The van der Waals surface area contributed by atoms with Crippen molar-refractivity contribution < 1.29 is 4.79 Å². The van der Waals surface area contributed by atoms with Gasteiger partial charge in [-0.1, -0.05) is 18.2 Å². The van der Waals surface area contributed by atoms with Gasteiger partial charge in [0, 0.05) is 18.0 Å². The Morgan fingerprint density at radius 2 is 2.21 bits per heavy atom. The third kappa shape index (κ3) is 2.58. The molecule has 0 aliphatic carbocycles. The lowest BCUT2D eigenvalue weighted by Gasteiger charge is -2.25. The van der Waals surface area contributed by atoms with Gasteiger partial charge in [-0.15, -0.1) is 0 Å². The first-order chi connectivity index (χ1) is 9.15. The maximum Gasteiger partial charge on any atom is 0.275 e. The van der Waals surface area contributed by atoms with E-state index in [0.29, 0.717) is 18.7 Å². The van der Waals surface area contributed by atoms with E-state index in [1.807, 2.05) is 38.1 Å². The summed E-state index contributed by atoms with van der Waals surface area (Å²) in [6.07, 6.45) is 0.326. The van der Waals surface area contributed by atoms with Crippen LogP contribution in [0.15, 0.2) is 24.3 Å². The number of fused-ring (bicyclic) bond motifs is 1. The number of hydrogen-bond donors (Lipinski definition) is 1. The zero-order valence-electron chi connectivity index (χ0n) is 11.1. The summed E-state index contributed by atoms with van der Waals surface area (Å²) in [4.78, 5) is 14.2. The minimum Gasteiger partial charge on any atom is -0.334 e. The van der Waals surface area contributed by atoms with E-state index in [9.17, 15) is 4.79 Å². The molecule has 0 saturated carbocycles. The molecule has 1 N–H and O–H groups in total. The van der Waals surface area contributed by atoms with Crippen molar-refractivity contribution in [3.05, 3.63) is 30.0 Å². The summed E-state index contributed by atoms with van der Waals surface area (Å²) < 4.78 is 0. The molecule has 5 heteroatoms. The molecule has 0 saturated heterocycles. The summed E-state index contributed by atoms with van der Waals surface area (Å²) in [7, 11) is 0. The molecule has 2 rings (SSSR count). The summed E-state index contributed by atoms with van der Waals surface area (Å²) in [6, 6.07) is 9.63. The molecule has 0 atom stereocenters. The van der Waals surface area contributed by atoms with Gasteiger partial charge in [0.15, 0.2) is 5.69 Å². The molecule has 0 spiro atoms. The number of carbonyl (C=O) groups excluding carboxylic acids is 1. The molecule has 1 aromatic heterocycles. The number of aromatic nitrogens is 2. The highest BCUT2D eigenvalue weighted by Crippen LogP contribution is 2.18. The van der Waals surface area contributed by atoms with Gasteiger partial charge in [0.1, 0.15) is 0 Å². The SMILES string of the molecule is CC(C)N(CCC#N)C(=O)c1n[nH]c2ccccc12. The van der Waals surface area contributed by atoms with Gasteiger partial charge in [-0.05, 0) is 19.9 Å². The van der Waals surface area contributed by atoms with Crippen LogP contribution in [0.1, 0.15) is 30.8 Å². The van der Waals surface area contributed by atoms with Crippen LogP contribution in [-0.4, -0.2) is 33.6 Å². The smallest absolute Gasteiger partial charge is 0.275 e. The number of nitriles is 1. The molecule has 1 aromatic carbocycles. The van der Waals surface area contributed by atoms with Crippen molar-refractivity contribution in [3.8, 4) is 6.07 Å². The second-order valence-electron chi connectivity index (χ2n) is 4.62. The fraction of sp³-hybridized carbons (Fsp3) is 0.357. The topological polar surface area (TPSA) is 72.8 Å². The van der Waals surface area contributed by atoms with Crippen LogP contribution in [0, 0.1) is 11.3 Å². The lowest BCUT2D eigenvalue weighted by Crippen LogP contribution is -2.37. The van der Waals surface area contributed by atoms with Gasteiger partial charge in [-0.25, -0.2) is 0 Å². The first-order valence-corrected chi connectivity index (χ1v) is 6.26. The summed E-state index contributed by atoms with van der Waals surface area (Å²) in [5.41, 5.74) is 1.26. The normalized spacial score (nSPS) is 10.6. The molecule has 0 radical (unpaired) electrons. The largest absolute Gasteiger partial charge is 0.334 e. The standard InChI is InChI=1S/C14H16N4O/c1-10(2)18(9-5-8-15)14(19)13-11-6-3-4-7-12(11)16-17-13/h3-4,6-7,10H,5,9H2,1-2H3,(H,16,17). The van der Waals surface area contributed by atoms with E-state index in [1.165, 1.54) is 0 Å². The number of hydrogen-bond acceptors (Lipinski definition) is 3. The molecule has 0 aliphatic rings. The number of aromatic amines is 1. The van der Waals surface area contributed by atoms with Gasteiger partial charge in [0.2, 0.25) is 0 Å². The maximum absolute atomic E-state index is 12.5. The van der Waals surface area contributed by atoms with Crippen molar-refractivity contribution in [2.75, 3.05) is 6.54 Å². The lowest BCUT2D eigenvalue weighted by molar-refractivity contribution is 0.0706. The second-order valence-corrected chi connectivity index (χ2v) is 4.62. The fourth-order valence-electron chi connectivity index (χ4n) is 2.03. The summed E-state index contributed by atoms with van der Waals surface area (Å²) >= 11 is 0. The van der Waals surface area contributed by atoms with E-state index < -0.39 is 0 Å². The average Bonchev–Trinajstić information content (AvgIpc) is 2.82. The fourth-order valence-corrected chi connectivity index (χ4v) is 2.03. The molecule has 1 amide bonds. The van der Waals surface area contributed by atoms with Crippen molar-refractivity contribution in [2.45, 2.75) is 26.3 Å². The Labute approximate surface area is 111 Å². The van der Waals surface area contributed by atoms with Crippen LogP contribution in [0.5, 0.6) is 0 Å². The number of rotatable bonds is 4. The number of nitrogens with zero attached hydrogens (tertiary/aromatic N) is 3. The Hall–Kier alpha value is -2.35. The van der Waals surface area contributed by atoms with Crippen molar-refractivity contribution in [3.63, 3.8) is 0 Å². The van der Waals surface area contributed by atoms with Crippen LogP contribution in [0.2, 0.25) is 0 Å². The first kappa shape index (κ1) is 13.1. The van der Waals surface area contributed by atoms with E-state index in [0.717, 1.165) is 10.9 Å². The Morgan fingerprint density at radius 3 is 2.89 bits per heavy atom. The highest BCUT2D eigenvalue weighted by atomic mass is 16.2. The molecule has 5 nitrogen and oxygen atoms in total. The van der Waals surface area contributed by atoms with Crippen LogP contribution >= 0.6 is 0 Å². The number of carbonyl (C=O) groups is 1. The highest BCUT2D eigenvalue weighted by molar-refractivity contribution is 6.04. The lowest BCUT2D eigenvalue weighted by atomic mass is 10.1. The van der Waals surface area contributed by atoms with E-state index in [1.54, 1.807) is 4.90 Å². The van der Waals surface area contributed by atoms with Gasteiger partial charge in [-0.2, -0.15) is 10.4 Å². The first-order valence-electron chi connectivity index (χ1n) is 6.26. The molecule has 1 heterocycles. The number of H-pyrrole nitrogens is 1. The van der Waals surface area contributed by atoms with Gasteiger partial charge < -0.3 is 4.90 Å².